The highest BCUT2D eigenvalue weighted by molar-refractivity contribution is 5.66. The average Bonchev–Trinajstić information content (AvgIpc) is 2.75. The number of carboxylic acids is 1. The van der Waals surface area contributed by atoms with Gasteiger partial charge in [-0.1, -0.05) is 25.7 Å². The van der Waals surface area contributed by atoms with Gasteiger partial charge in [-0.3, -0.25) is 4.79 Å². The lowest BCUT2D eigenvalue weighted by Gasteiger charge is -2.38. The molecule has 0 radical (unpaired) electrons. The first-order valence-electron chi connectivity index (χ1n) is 12.3. The number of hydrogen-bond acceptors (Lipinski definition) is 4. The van der Waals surface area contributed by atoms with Crippen LogP contribution in [0, 0.1) is 32.1 Å². The number of aliphatic carboxylic acids is 1. The van der Waals surface area contributed by atoms with Crippen molar-refractivity contribution < 1.29 is 19.4 Å². The van der Waals surface area contributed by atoms with E-state index >= 15 is 0 Å². The van der Waals surface area contributed by atoms with Gasteiger partial charge in [0.2, 0.25) is 0 Å². The Bertz CT molecular complexity index is 811. The molecule has 2 rings (SSSR count). The molecular formula is C27H41NO4. The fraction of sp³-hybridized carbons (Fsp3) is 0.704. The minimum absolute atomic E-state index is 0.114. The van der Waals surface area contributed by atoms with Gasteiger partial charge in [0.25, 0.3) is 0 Å². The van der Waals surface area contributed by atoms with Gasteiger partial charge in [-0.05, 0) is 89.3 Å². The lowest BCUT2D eigenvalue weighted by molar-refractivity contribution is -0.137. The highest BCUT2D eigenvalue weighted by atomic mass is 16.5. The van der Waals surface area contributed by atoms with Crippen LogP contribution in [0.4, 0.5) is 0 Å². The number of unbranched alkanes of at least 4 members (excludes halogenated alkanes) is 7. The van der Waals surface area contributed by atoms with Crippen molar-refractivity contribution in [1.29, 1.82) is 5.26 Å². The molecule has 178 valence electrons. The van der Waals surface area contributed by atoms with Crippen LogP contribution in [0.5, 0.6) is 11.5 Å². The molecule has 1 aromatic carbocycles. The number of carbonyl (C=O) groups is 1. The maximum Gasteiger partial charge on any atom is 0.303 e. The summed E-state index contributed by atoms with van der Waals surface area (Å²) >= 11 is 0. The Hall–Kier alpha value is -2.22. The van der Waals surface area contributed by atoms with Crippen LogP contribution in [-0.2, 0) is 11.2 Å². The molecule has 0 spiro atoms. The minimum atomic E-state index is -0.752. The Morgan fingerprint density at radius 3 is 2.41 bits per heavy atom. The van der Waals surface area contributed by atoms with Crippen LogP contribution in [0.25, 0.3) is 0 Å². The molecule has 0 saturated heterocycles. The molecule has 1 unspecified atom stereocenters. The van der Waals surface area contributed by atoms with Crippen LogP contribution < -0.4 is 9.47 Å². The average molecular weight is 444 g/mol. The molecule has 0 aromatic heterocycles. The second kappa shape index (κ2) is 12.7. The Kier molecular flexibility index (Phi) is 10.4. The molecule has 0 saturated carbocycles. The Morgan fingerprint density at radius 2 is 1.72 bits per heavy atom. The van der Waals surface area contributed by atoms with E-state index in [4.69, 9.17) is 19.8 Å². The quantitative estimate of drug-likeness (QED) is 0.314. The standard InChI is InChI=1S/C27H41NO4/c1-20-21(2)26-23(22(3)25(20)31-19-13-10-14-24(29)30)15-17-27(4,32-26)16-11-8-6-5-7-9-12-18-28/h5-17,19H2,1-4H3,(H,29,30). The first kappa shape index (κ1) is 26.0. The van der Waals surface area contributed by atoms with E-state index < -0.39 is 5.97 Å². The van der Waals surface area contributed by atoms with Crippen molar-refractivity contribution >= 4 is 5.97 Å². The summed E-state index contributed by atoms with van der Waals surface area (Å²) in [6.45, 7) is 9.13. The summed E-state index contributed by atoms with van der Waals surface area (Å²) in [6.07, 6.45) is 12.4. The van der Waals surface area contributed by atoms with E-state index in [1.54, 1.807) is 0 Å². The van der Waals surface area contributed by atoms with E-state index in [-0.39, 0.29) is 12.0 Å². The third kappa shape index (κ3) is 7.43. The fourth-order valence-electron chi connectivity index (χ4n) is 4.64. The maximum atomic E-state index is 10.7. The highest BCUT2D eigenvalue weighted by Gasteiger charge is 2.34. The van der Waals surface area contributed by atoms with Crippen molar-refractivity contribution in [2.45, 2.75) is 117 Å². The summed E-state index contributed by atoms with van der Waals surface area (Å²) in [5.74, 6) is 1.24. The molecule has 5 nitrogen and oxygen atoms in total. The molecule has 5 heteroatoms. The zero-order valence-electron chi connectivity index (χ0n) is 20.5. The summed E-state index contributed by atoms with van der Waals surface area (Å²) in [6, 6.07) is 2.22. The zero-order chi connectivity index (χ0) is 23.6. The van der Waals surface area contributed by atoms with E-state index in [1.807, 2.05) is 0 Å². The predicted molar refractivity (Wildman–Crippen MR) is 128 cm³/mol. The van der Waals surface area contributed by atoms with Crippen LogP contribution in [-0.4, -0.2) is 23.3 Å². The van der Waals surface area contributed by atoms with Crippen LogP contribution in [0.1, 0.15) is 106 Å². The number of nitriles is 1. The van der Waals surface area contributed by atoms with Crippen molar-refractivity contribution in [2.75, 3.05) is 6.61 Å². The van der Waals surface area contributed by atoms with Gasteiger partial charge in [0.1, 0.15) is 17.1 Å². The molecule has 0 amide bonds. The topological polar surface area (TPSA) is 79.5 Å². The second-order valence-electron chi connectivity index (χ2n) is 9.54. The number of ether oxygens (including phenoxy) is 2. The van der Waals surface area contributed by atoms with Gasteiger partial charge in [-0.25, -0.2) is 0 Å². The van der Waals surface area contributed by atoms with E-state index in [0.29, 0.717) is 19.4 Å². The molecule has 1 heterocycles. The van der Waals surface area contributed by atoms with Gasteiger partial charge in [-0.15, -0.1) is 0 Å². The number of carboxylic acid groups (broad SMARTS) is 1. The SMILES string of the molecule is Cc1c(C)c2c(c(C)c1OCCCCC(=O)O)CCC(C)(CCCCCCCCC#N)O2. The molecule has 0 bridgehead atoms. The van der Waals surface area contributed by atoms with Gasteiger partial charge in [0.05, 0.1) is 12.7 Å². The van der Waals surface area contributed by atoms with Crippen molar-refractivity contribution in [2.24, 2.45) is 0 Å². The van der Waals surface area contributed by atoms with Gasteiger partial charge >= 0.3 is 5.97 Å². The lowest BCUT2D eigenvalue weighted by atomic mass is 9.84. The molecule has 1 N–H and O–H groups in total. The molecule has 0 aliphatic carbocycles. The molecule has 1 aromatic rings. The Balaban J connectivity index is 1.92. The van der Waals surface area contributed by atoms with Crippen LogP contribution in [0.15, 0.2) is 0 Å². The summed E-state index contributed by atoms with van der Waals surface area (Å²) in [5.41, 5.74) is 4.61. The molecule has 32 heavy (non-hydrogen) atoms. The van der Waals surface area contributed by atoms with Gasteiger partial charge in [0, 0.05) is 18.4 Å². The second-order valence-corrected chi connectivity index (χ2v) is 9.54. The van der Waals surface area contributed by atoms with Crippen molar-refractivity contribution in [3.05, 3.63) is 22.3 Å². The third-order valence-electron chi connectivity index (χ3n) is 6.84. The van der Waals surface area contributed by atoms with Crippen LogP contribution >= 0.6 is 0 Å². The largest absolute Gasteiger partial charge is 0.493 e. The minimum Gasteiger partial charge on any atom is -0.493 e. The highest BCUT2D eigenvalue weighted by Crippen LogP contribution is 2.45. The fourth-order valence-corrected chi connectivity index (χ4v) is 4.64. The smallest absolute Gasteiger partial charge is 0.303 e. The third-order valence-corrected chi connectivity index (χ3v) is 6.84. The van der Waals surface area contributed by atoms with E-state index in [0.717, 1.165) is 61.2 Å². The Morgan fingerprint density at radius 1 is 1.03 bits per heavy atom. The zero-order valence-corrected chi connectivity index (χ0v) is 20.5. The predicted octanol–water partition coefficient (Wildman–Crippen LogP) is 6.97. The summed E-state index contributed by atoms with van der Waals surface area (Å²) in [7, 11) is 0. The van der Waals surface area contributed by atoms with Gasteiger partial charge < -0.3 is 14.6 Å². The van der Waals surface area contributed by atoms with Crippen LogP contribution in [0.2, 0.25) is 0 Å². The van der Waals surface area contributed by atoms with Gasteiger partial charge in [-0.2, -0.15) is 5.26 Å². The number of hydrogen-bond donors (Lipinski definition) is 1. The van der Waals surface area contributed by atoms with Crippen LogP contribution in [0.3, 0.4) is 0 Å². The molecule has 0 fully saturated rings. The molecule has 1 aliphatic heterocycles. The van der Waals surface area contributed by atoms with Gasteiger partial charge in [0.15, 0.2) is 0 Å². The van der Waals surface area contributed by atoms with Crippen molar-refractivity contribution in [1.82, 2.24) is 0 Å². The first-order valence-corrected chi connectivity index (χ1v) is 12.3. The molecule has 1 atom stereocenters. The molecule has 1 aliphatic rings. The monoisotopic (exact) mass is 443 g/mol. The normalized spacial score (nSPS) is 17.3. The van der Waals surface area contributed by atoms with Crippen molar-refractivity contribution in [3.8, 4) is 17.6 Å². The van der Waals surface area contributed by atoms with E-state index in [1.165, 1.54) is 36.8 Å². The van der Waals surface area contributed by atoms with E-state index in [9.17, 15) is 4.79 Å². The molecular weight excluding hydrogens is 402 g/mol. The maximum absolute atomic E-state index is 10.7. The number of benzene rings is 1. The summed E-state index contributed by atoms with van der Waals surface area (Å²) < 4.78 is 12.7. The summed E-state index contributed by atoms with van der Waals surface area (Å²) in [4.78, 5) is 10.7. The Labute approximate surface area is 194 Å². The van der Waals surface area contributed by atoms with Crippen molar-refractivity contribution in [3.63, 3.8) is 0 Å². The first-order chi connectivity index (χ1) is 15.3. The number of fused-ring (bicyclic) bond motifs is 1. The summed E-state index contributed by atoms with van der Waals surface area (Å²) in [5, 5.41) is 17.4. The number of nitrogens with zero attached hydrogens (tertiary/aromatic N) is 1. The van der Waals surface area contributed by atoms with E-state index in [2.05, 4.69) is 33.8 Å². The lowest BCUT2D eigenvalue weighted by Crippen LogP contribution is -2.37. The number of rotatable bonds is 14.